The van der Waals surface area contributed by atoms with E-state index in [0.717, 1.165) is 25.1 Å². The summed E-state index contributed by atoms with van der Waals surface area (Å²) >= 11 is 0. The Morgan fingerprint density at radius 2 is 1.92 bits per heavy atom. The number of nitrogens with one attached hydrogen (secondary N) is 2. The Balaban J connectivity index is 1.39. The minimum absolute atomic E-state index is 0.0542. The van der Waals surface area contributed by atoms with Gasteiger partial charge in [-0.05, 0) is 76.5 Å². The van der Waals surface area contributed by atoms with Gasteiger partial charge in [0.2, 0.25) is 0 Å². The van der Waals surface area contributed by atoms with Crippen molar-refractivity contribution < 1.29 is 19.3 Å². The van der Waals surface area contributed by atoms with Crippen LogP contribution in [0.3, 0.4) is 0 Å². The van der Waals surface area contributed by atoms with E-state index in [1.54, 1.807) is 6.92 Å². The summed E-state index contributed by atoms with van der Waals surface area (Å²) in [4.78, 5) is 4.49. The van der Waals surface area contributed by atoms with Crippen molar-refractivity contribution in [1.82, 2.24) is 10.6 Å². The molecular weight excluding hydrogens is 500 g/mol. The van der Waals surface area contributed by atoms with Crippen molar-refractivity contribution in [2.75, 3.05) is 26.7 Å². The molecule has 39 heavy (non-hydrogen) atoms. The highest BCUT2D eigenvalue weighted by Crippen LogP contribution is 2.38. The number of likely N-dealkylation sites (N-methyl/N-ethyl adjacent to an activating group) is 1. The SMILES string of the molecule is CN[C@@H]1CC(O[C@H]2C(N)CC(N)[C@@H](C[C@H]3OC(CNCC4CC(N)C4)=CC[C@H]3N=C(N)N)[C@@H]2C)OC[C@]1(C)O. The molecule has 4 rings (SSSR count). The van der Waals surface area contributed by atoms with Gasteiger partial charge in [-0.2, -0.15) is 0 Å². The van der Waals surface area contributed by atoms with Gasteiger partial charge in [0, 0.05) is 30.6 Å². The molecule has 0 aromatic heterocycles. The van der Waals surface area contributed by atoms with Crippen LogP contribution in [0.2, 0.25) is 0 Å². The first-order valence-electron chi connectivity index (χ1n) is 14.5. The quantitative estimate of drug-likeness (QED) is 0.119. The van der Waals surface area contributed by atoms with E-state index in [-0.39, 0.29) is 60.8 Å². The van der Waals surface area contributed by atoms with Crippen molar-refractivity contribution in [1.29, 1.82) is 0 Å². The maximum atomic E-state index is 10.6. The van der Waals surface area contributed by atoms with E-state index in [0.29, 0.717) is 44.2 Å². The van der Waals surface area contributed by atoms with Crippen molar-refractivity contribution in [2.24, 2.45) is 51.4 Å². The van der Waals surface area contributed by atoms with Crippen LogP contribution in [-0.4, -0.2) is 92.1 Å². The fraction of sp³-hybridized carbons (Fsp3) is 0.889. The molecule has 4 aliphatic rings. The number of aliphatic hydroxyl groups is 1. The molecule has 3 fully saturated rings. The van der Waals surface area contributed by atoms with Crippen LogP contribution in [0, 0.1) is 17.8 Å². The molecule has 2 aliphatic heterocycles. The predicted molar refractivity (Wildman–Crippen MR) is 151 cm³/mol. The molecule has 2 saturated carbocycles. The van der Waals surface area contributed by atoms with E-state index >= 15 is 0 Å². The zero-order valence-electron chi connectivity index (χ0n) is 23.8. The first-order valence-corrected chi connectivity index (χ1v) is 14.5. The van der Waals surface area contributed by atoms with Gasteiger partial charge >= 0.3 is 0 Å². The highest BCUT2D eigenvalue weighted by Gasteiger charge is 2.46. The second kappa shape index (κ2) is 13.0. The topological polar surface area (TPSA) is 214 Å². The van der Waals surface area contributed by atoms with Gasteiger partial charge in [0.15, 0.2) is 12.2 Å². The second-order valence-corrected chi connectivity index (χ2v) is 12.5. The minimum Gasteiger partial charge on any atom is -0.491 e. The number of hydrogen-bond donors (Lipinski definition) is 8. The van der Waals surface area contributed by atoms with Gasteiger partial charge in [0.05, 0.1) is 25.3 Å². The van der Waals surface area contributed by atoms with Crippen LogP contribution < -0.4 is 39.3 Å². The van der Waals surface area contributed by atoms with Gasteiger partial charge in [-0.25, -0.2) is 4.99 Å². The Morgan fingerprint density at radius 1 is 1.18 bits per heavy atom. The molecule has 0 spiro atoms. The van der Waals surface area contributed by atoms with Crippen LogP contribution in [0.5, 0.6) is 0 Å². The van der Waals surface area contributed by atoms with Crippen molar-refractivity contribution in [3.8, 4) is 0 Å². The first kappa shape index (κ1) is 30.4. The minimum atomic E-state index is -0.955. The van der Waals surface area contributed by atoms with Gasteiger partial charge in [-0.1, -0.05) is 6.92 Å². The van der Waals surface area contributed by atoms with E-state index in [4.69, 9.17) is 42.9 Å². The smallest absolute Gasteiger partial charge is 0.186 e. The molecule has 0 aromatic rings. The van der Waals surface area contributed by atoms with Crippen LogP contribution in [-0.2, 0) is 14.2 Å². The number of nitrogens with zero attached hydrogens (tertiary/aromatic N) is 1. The molecule has 2 heterocycles. The lowest BCUT2D eigenvalue weighted by Gasteiger charge is -2.47. The molecule has 10 atom stereocenters. The summed E-state index contributed by atoms with van der Waals surface area (Å²) in [5.74, 6) is 1.75. The Kier molecular flexibility index (Phi) is 10.1. The molecule has 0 amide bonds. The van der Waals surface area contributed by atoms with Crippen LogP contribution in [0.15, 0.2) is 16.8 Å². The molecule has 13 N–H and O–H groups in total. The number of rotatable bonds is 10. The van der Waals surface area contributed by atoms with Crippen LogP contribution >= 0.6 is 0 Å². The first-order chi connectivity index (χ1) is 18.5. The molecule has 3 unspecified atom stereocenters. The molecule has 0 aromatic carbocycles. The molecule has 12 nitrogen and oxygen atoms in total. The van der Waals surface area contributed by atoms with Crippen molar-refractivity contribution in [3.63, 3.8) is 0 Å². The number of hydrogen-bond acceptors (Lipinski definition) is 10. The van der Waals surface area contributed by atoms with Gasteiger partial charge in [0.1, 0.15) is 17.5 Å². The van der Waals surface area contributed by atoms with E-state index in [1.165, 1.54) is 0 Å². The third-order valence-corrected chi connectivity index (χ3v) is 9.25. The monoisotopic (exact) mass is 552 g/mol. The maximum absolute atomic E-state index is 10.6. The molecular formula is C27H52N8O4. The number of guanidine groups is 1. The molecule has 1 saturated heterocycles. The van der Waals surface area contributed by atoms with E-state index in [2.05, 4.69) is 28.6 Å². The number of aliphatic imine (C=N–C) groups is 1. The number of nitrogens with two attached hydrogens (primary N) is 5. The van der Waals surface area contributed by atoms with Crippen molar-refractivity contribution in [2.45, 2.75) is 107 Å². The Hall–Kier alpha value is -1.51. The highest BCUT2D eigenvalue weighted by molar-refractivity contribution is 5.75. The lowest BCUT2D eigenvalue weighted by atomic mass is 9.70. The van der Waals surface area contributed by atoms with Gasteiger partial charge in [-0.15, -0.1) is 0 Å². The lowest BCUT2D eigenvalue weighted by Crippen LogP contribution is -2.60. The molecule has 0 bridgehead atoms. The Bertz CT molecular complexity index is 863. The zero-order chi connectivity index (χ0) is 28.3. The van der Waals surface area contributed by atoms with Crippen LogP contribution in [0.1, 0.15) is 52.4 Å². The summed E-state index contributed by atoms with van der Waals surface area (Å²) in [5.41, 5.74) is 29.8. The summed E-state index contributed by atoms with van der Waals surface area (Å²) in [5, 5.41) is 17.3. The average Bonchev–Trinajstić information content (AvgIpc) is 2.85. The third kappa shape index (κ3) is 7.62. The summed E-state index contributed by atoms with van der Waals surface area (Å²) in [6, 6.07) is -0.297. The maximum Gasteiger partial charge on any atom is 0.186 e. The average molecular weight is 553 g/mol. The lowest BCUT2D eigenvalue weighted by molar-refractivity contribution is -0.250. The van der Waals surface area contributed by atoms with E-state index in [1.807, 2.05) is 7.05 Å². The van der Waals surface area contributed by atoms with E-state index in [9.17, 15) is 5.11 Å². The van der Waals surface area contributed by atoms with Crippen LogP contribution in [0.25, 0.3) is 0 Å². The summed E-state index contributed by atoms with van der Waals surface area (Å²) < 4.78 is 18.8. The molecule has 2 aliphatic carbocycles. The van der Waals surface area contributed by atoms with Crippen molar-refractivity contribution in [3.05, 3.63) is 11.8 Å². The predicted octanol–water partition coefficient (Wildman–Crippen LogP) is -1.20. The fourth-order valence-corrected chi connectivity index (χ4v) is 6.83. The zero-order valence-corrected chi connectivity index (χ0v) is 23.8. The summed E-state index contributed by atoms with van der Waals surface area (Å²) in [6.07, 6.45) is 5.86. The summed E-state index contributed by atoms with van der Waals surface area (Å²) in [7, 11) is 1.84. The summed E-state index contributed by atoms with van der Waals surface area (Å²) in [6.45, 7) is 5.70. The van der Waals surface area contributed by atoms with Gasteiger partial charge < -0.3 is 58.6 Å². The van der Waals surface area contributed by atoms with Crippen molar-refractivity contribution >= 4 is 5.96 Å². The molecule has 0 radical (unpaired) electrons. The Morgan fingerprint density at radius 3 is 2.59 bits per heavy atom. The van der Waals surface area contributed by atoms with E-state index < -0.39 is 11.9 Å². The molecule has 12 heteroatoms. The van der Waals surface area contributed by atoms with Gasteiger partial charge in [0.25, 0.3) is 0 Å². The Labute approximate surface area is 232 Å². The fourth-order valence-electron chi connectivity index (χ4n) is 6.83. The largest absolute Gasteiger partial charge is 0.491 e. The number of ether oxygens (including phenoxy) is 3. The van der Waals surface area contributed by atoms with Gasteiger partial charge in [-0.3, -0.25) is 0 Å². The molecule has 224 valence electrons. The third-order valence-electron chi connectivity index (χ3n) is 9.25. The van der Waals surface area contributed by atoms with Crippen LogP contribution in [0.4, 0.5) is 0 Å². The normalized spacial score (nSPS) is 44.6. The standard InChI is InChI=1S/C27H52N8O4/c1-14-18(19(29)9-20(30)25(14)39-24-10-23(33-3)27(2,36)13-37-24)8-22-21(35-26(31)32)5-4-17(38-22)12-34-11-15-6-16(28)7-15/h4,14-16,18-25,33-34,36H,5-13,28-30H2,1-3H3,(H4,31,32,35)/t14-,15?,16?,18-,19?,20?,21+,22+,23+,24?,25+,27-/m0/s1. The highest BCUT2D eigenvalue weighted by atomic mass is 16.7. The second-order valence-electron chi connectivity index (χ2n) is 12.5.